The third kappa shape index (κ3) is 4.86. The monoisotopic (exact) mass is 165 g/mol. The van der Waals surface area contributed by atoms with Crippen LogP contribution in [0.4, 0.5) is 0 Å². The molecule has 0 heterocycles. The van der Waals surface area contributed by atoms with Gasteiger partial charge in [0.1, 0.15) is 0 Å². The fraction of sp³-hybridized carbons (Fsp3) is 1.00. The van der Waals surface area contributed by atoms with Crippen LogP contribution in [0.3, 0.4) is 0 Å². The quantitative estimate of drug-likeness (QED) is 0.649. The fourth-order valence-electron chi connectivity index (χ4n) is 0.859. The molecule has 0 fully saturated rings. The maximum absolute atomic E-state index is 10.2. The van der Waals surface area contributed by atoms with Crippen molar-refractivity contribution >= 4 is 8.25 Å². The Kier molecular flexibility index (Phi) is 4.02. The minimum atomic E-state index is -2.45. The first kappa shape index (κ1) is 10.0. The molecule has 61 valence electrons. The van der Waals surface area contributed by atoms with Crippen LogP contribution in [0.2, 0.25) is 0 Å². The van der Waals surface area contributed by atoms with Gasteiger partial charge in [0.2, 0.25) is 0 Å². The zero-order valence-corrected chi connectivity index (χ0v) is 7.52. The van der Waals surface area contributed by atoms with Crippen LogP contribution in [0.1, 0.15) is 33.6 Å². The molecule has 0 bridgehead atoms. The Morgan fingerprint density at radius 2 is 2.10 bits per heavy atom. The predicted octanol–water partition coefficient (Wildman–Crippen LogP) is 2.23. The van der Waals surface area contributed by atoms with Crippen molar-refractivity contribution in [1.82, 2.24) is 0 Å². The van der Waals surface area contributed by atoms with E-state index in [0.29, 0.717) is 0 Å². The van der Waals surface area contributed by atoms with Gasteiger partial charge in [-0.05, 0) is 20.3 Å². The van der Waals surface area contributed by atoms with E-state index in [2.05, 4.69) is 0 Å². The molecule has 0 aromatic rings. The van der Waals surface area contributed by atoms with Gasteiger partial charge in [-0.25, -0.2) is 4.57 Å². The average Bonchev–Trinajstić information content (AvgIpc) is 1.59. The first-order valence-electron chi connectivity index (χ1n) is 3.33. The van der Waals surface area contributed by atoms with Crippen LogP contribution in [0.15, 0.2) is 0 Å². The molecule has 0 aliphatic heterocycles. The average molecular weight is 165 g/mol. The predicted molar refractivity (Wildman–Crippen MR) is 39.9 cm³/mol. The second-order valence-corrected chi connectivity index (χ2v) is 3.50. The van der Waals surface area contributed by atoms with Gasteiger partial charge in [0.25, 0.3) is 0 Å². The Morgan fingerprint density at radius 1 is 1.60 bits per heavy atom. The normalized spacial score (nSPS) is 13.4. The van der Waals surface area contributed by atoms with E-state index in [4.69, 9.17) is 9.42 Å². The second kappa shape index (κ2) is 4.02. The first-order chi connectivity index (χ1) is 4.48. The zero-order valence-electron chi connectivity index (χ0n) is 6.63. The van der Waals surface area contributed by atoms with E-state index in [1.54, 1.807) is 13.8 Å². The highest BCUT2D eigenvalue weighted by atomic mass is 31.1. The molecule has 0 saturated heterocycles. The highest BCUT2D eigenvalue weighted by Gasteiger charge is 2.19. The molecular formula is C6H14O3P. The summed E-state index contributed by atoms with van der Waals surface area (Å²) in [5.41, 5.74) is -0.461. The summed E-state index contributed by atoms with van der Waals surface area (Å²) in [6, 6.07) is 0. The molecule has 0 rings (SSSR count). The van der Waals surface area contributed by atoms with Crippen molar-refractivity contribution in [1.29, 1.82) is 0 Å². The topological polar surface area (TPSA) is 46.5 Å². The van der Waals surface area contributed by atoms with Crippen molar-refractivity contribution in [3.8, 4) is 0 Å². The first-order valence-corrected chi connectivity index (χ1v) is 4.46. The summed E-state index contributed by atoms with van der Waals surface area (Å²) < 4.78 is 15.0. The SMILES string of the molecule is CCCC(C)(C)O[P](=O)O. The molecule has 1 N–H and O–H groups in total. The Hall–Kier alpha value is 0.0200. The van der Waals surface area contributed by atoms with Gasteiger partial charge in [0.15, 0.2) is 0 Å². The Morgan fingerprint density at radius 3 is 2.40 bits per heavy atom. The van der Waals surface area contributed by atoms with Crippen LogP contribution in [-0.4, -0.2) is 10.5 Å². The van der Waals surface area contributed by atoms with Gasteiger partial charge in [0.05, 0.1) is 5.60 Å². The highest BCUT2D eigenvalue weighted by Crippen LogP contribution is 2.28. The van der Waals surface area contributed by atoms with Gasteiger partial charge in [0, 0.05) is 0 Å². The molecule has 1 unspecified atom stereocenters. The molecule has 0 spiro atoms. The Balaban J connectivity index is 3.74. The van der Waals surface area contributed by atoms with Crippen molar-refractivity contribution in [2.75, 3.05) is 0 Å². The minimum absolute atomic E-state index is 0.461. The van der Waals surface area contributed by atoms with E-state index in [-0.39, 0.29) is 0 Å². The van der Waals surface area contributed by atoms with Gasteiger partial charge in [-0.3, -0.25) is 9.42 Å². The Labute approximate surface area is 62.3 Å². The van der Waals surface area contributed by atoms with Crippen molar-refractivity contribution in [3.05, 3.63) is 0 Å². The maximum Gasteiger partial charge on any atom is 0.366 e. The van der Waals surface area contributed by atoms with Crippen molar-refractivity contribution in [2.45, 2.75) is 39.2 Å². The van der Waals surface area contributed by atoms with Crippen LogP contribution >= 0.6 is 8.25 Å². The third-order valence-electron chi connectivity index (χ3n) is 1.18. The molecule has 0 aliphatic carbocycles. The number of hydrogen-bond donors (Lipinski definition) is 1. The van der Waals surface area contributed by atoms with Gasteiger partial charge >= 0.3 is 8.25 Å². The van der Waals surface area contributed by atoms with Crippen LogP contribution in [0.5, 0.6) is 0 Å². The molecule has 10 heavy (non-hydrogen) atoms. The lowest BCUT2D eigenvalue weighted by molar-refractivity contribution is 0.0933. The number of rotatable bonds is 4. The van der Waals surface area contributed by atoms with E-state index in [1.807, 2.05) is 6.92 Å². The van der Waals surface area contributed by atoms with Gasteiger partial charge in [-0.15, -0.1) is 0 Å². The van der Waals surface area contributed by atoms with Crippen LogP contribution in [-0.2, 0) is 9.09 Å². The Bertz CT molecular complexity index is 122. The summed E-state index contributed by atoms with van der Waals surface area (Å²) in [6.07, 6.45) is 1.75. The zero-order chi connectivity index (χ0) is 8.20. The maximum atomic E-state index is 10.2. The lowest BCUT2D eigenvalue weighted by Crippen LogP contribution is -2.20. The molecule has 0 saturated carbocycles. The van der Waals surface area contributed by atoms with Crippen molar-refractivity contribution in [2.24, 2.45) is 0 Å². The van der Waals surface area contributed by atoms with E-state index in [1.165, 1.54) is 0 Å². The van der Waals surface area contributed by atoms with E-state index >= 15 is 0 Å². The molecule has 4 heteroatoms. The van der Waals surface area contributed by atoms with Crippen LogP contribution < -0.4 is 0 Å². The fourth-order valence-corrected chi connectivity index (χ4v) is 1.37. The summed E-state index contributed by atoms with van der Waals surface area (Å²) in [5, 5.41) is 0. The molecule has 0 aromatic carbocycles. The summed E-state index contributed by atoms with van der Waals surface area (Å²) in [5.74, 6) is 0. The highest BCUT2D eigenvalue weighted by molar-refractivity contribution is 7.32. The van der Waals surface area contributed by atoms with Crippen LogP contribution in [0.25, 0.3) is 0 Å². The second-order valence-electron chi connectivity index (χ2n) is 2.84. The summed E-state index contributed by atoms with van der Waals surface area (Å²) in [7, 11) is -2.45. The summed E-state index contributed by atoms with van der Waals surface area (Å²) in [6.45, 7) is 5.62. The molecule has 1 atom stereocenters. The van der Waals surface area contributed by atoms with Crippen LogP contribution in [0, 0.1) is 0 Å². The number of hydrogen-bond acceptors (Lipinski definition) is 2. The molecule has 0 aromatic heterocycles. The minimum Gasteiger partial charge on any atom is -0.298 e. The van der Waals surface area contributed by atoms with Crippen molar-refractivity contribution in [3.63, 3.8) is 0 Å². The van der Waals surface area contributed by atoms with Gasteiger partial charge in [-0.2, -0.15) is 0 Å². The molecule has 1 radical (unpaired) electrons. The summed E-state index contributed by atoms with van der Waals surface area (Å²) >= 11 is 0. The lowest BCUT2D eigenvalue weighted by Gasteiger charge is -2.20. The lowest BCUT2D eigenvalue weighted by atomic mass is 10.0. The standard InChI is InChI=1S/C6H14O3P/c1-4-5-6(2,3)9-10(7)8/h4-5H2,1-3H3,(H,7,8). The van der Waals surface area contributed by atoms with E-state index in [9.17, 15) is 4.57 Å². The smallest absolute Gasteiger partial charge is 0.298 e. The van der Waals surface area contributed by atoms with Gasteiger partial charge in [-0.1, -0.05) is 13.3 Å². The third-order valence-corrected chi connectivity index (χ3v) is 1.83. The van der Waals surface area contributed by atoms with Gasteiger partial charge < -0.3 is 0 Å². The molecule has 3 nitrogen and oxygen atoms in total. The van der Waals surface area contributed by atoms with E-state index < -0.39 is 13.9 Å². The van der Waals surface area contributed by atoms with Crippen molar-refractivity contribution < 1.29 is 14.0 Å². The largest absolute Gasteiger partial charge is 0.366 e. The van der Waals surface area contributed by atoms with E-state index in [0.717, 1.165) is 12.8 Å². The summed E-state index contributed by atoms with van der Waals surface area (Å²) in [4.78, 5) is 8.40. The molecular weight excluding hydrogens is 151 g/mol. The molecule has 0 aliphatic rings. The molecule has 0 amide bonds.